The highest BCUT2D eigenvalue weighted by molar-refractivity contribution is 5.80. The van der Waals surface area contributed by atoms with Crippen LogP contribution >= 0.6 is 0 Å². The molecule has 0 saturated carbocycles. The number of aryl methyl sites for hydroxylation is 1. The molecule has 1 heterocycles. The molecular formula is C22H21N3O. The number of benzene rings is 2. The monoisotopic (exact) mass is 343 g/mol. The van der Waals surface area contributed by atoms with Crippen molar-refractivity contribution in [1.29, 1.82) is 5.26 Å². The number of anilines is 1. The van der Waals surface area contributed by atoms with E-state index in [1.807, 2.05) is 55.5 Å². The first kappa shape index (κ1) is 17.5. The Kier molecular flexibility index (Phi) is 5.19. The van der Waals surface area contributed by atoms with Crippen molar-refractivity contribution in [2.75, 3.05) is 12.3 Å². The number of nitrogens with two attached hydrogens (primary N) is 1. The lowest BCUT2D eigenvalue weighted by Gasteiger charge is -2.11. The topological polar surface area (TPSA) is 71.9 Å². The summed E-state index contributed by atoms with van der Waals surface area (Å²) < 4.78 is 5.63. The van der Waals surface area contributed by atoms with Crippen LogP contribution in [0.2, 0.25) is 0 Å². The number of aromatic nitrogens is 1. The molecule has 0 aliphatic carbocycles. The Bertz CT molecular complexity index is 956. The van der Waals surface area contributed by atoms with Crippen molar-refractivity contribution in [3.63, 3.8) is 0 Å². The highest BCUT2D eigenvalue weighted by atomic mass is 16.5. The van der Waals surface area contributed by atoms with Crippen molar-refractivity contribution in [1.82, 2.24) is 4.98 Å². The summed E-state index contributed by atoms with van der Waals surface area (Å²) in [5.41, 5.74) is 11.0. The lowest BCUT2D eigenvalue weighted by molar-refractivity contribution is 0.317. The van der Waals surface area contributed by atoms with Crippen molar-refractivity contribution < 1.29 is 4.74 Å². The largest absolute Gasteiger partial charge is 0.494 e. The third-order valence-corrected chi connectivity index (χ3v) is 4.11. The predicted octanol–water partition coefficient (Wildman–Crippen LogP) is 4.97. The van der Waals surface area contributed by atoms with Gasteiger partial charge >= 0.3 is 0 Å². The highest BCUT2D eigenvalue weighted by Gasteiger charge is 2.13. The lowest BCUT2D eigenvalue weighted by Crippen LogP contribution is -2.00. The fourth-order valence-electron chi connectivity index (χ4n) is 2.81. The van der Waals surface area contributed by atoms with Crippen molar-refractivity contribution in [2.24, 2.45) is 0 Å². The minimum absolute atomic E-state index is 0.243. The van der Waals surface area contributed by atoms with E-state index in [9.17, 15) is 5.26 Å². The van der Waals surface area contributed by atoms with Gasteiger partial charge in [-0.25, -0.2) is 4.98 Å². The van der Waals surface area contributed by atoms with Gasteiger partial charge in [-0.3, -0.25) is 0 Å². The summed E-state index contributed by atoms with van der Waals surface area (Å²) in [6, 6.07) is 19.9. The molecule has 2 aromatic carbocycles. The summed E-state index contributed by atoms with van der Waals surface area (Å²) in [6.45, 7) is 4.79. The average molecular weight is 343 g/mol. The average Bonchev–Trinajstić information content (AvgIpc) is 2.66. The molecule has 0 radical (unpaired) electrons. The molecule has 0 bridgehead atoms. The van der Waals surface area contributed by atoms with Gasteiger partial charge < -0.3 is 10.5 Å². The first-order chi connectivity index (χ1) is 12.6. The molecule has 0 spiro atoms. The zero-order valence-electron chi connectivity index (χ0n) is 15.0. The Hall–Kier alpha value is -3.32. The smallest absolute Gasteiger partial charge is 0.142 e. The molecule has 0 fully saturated rings. The van der Waals surface area contributed by atoms with Crippen LogP contribution in [0.15, 0.2) is 54.6 Å². The molecule has 2 N–H and O–H groups in total. The van der Waals surface area contributed by atoms with Gasteiger partial charge in [0.05, 0.1) is 12.3 Å². The van der Waals surface area contributed by atoms with E-state index < -0.39 is 0 Å². The van der Waals surface area contributed by atoms with Crippen LogP contribution in [0, 0.1) is 18.3 Å². The van der Waals surface area contributed by atoms with Gasteiger partial charge in [-0.2, -0.15) is 5.26 Å². The number of nitrogen functional groups attached to an aromatic ring is 1. The fourth-order valence-corrected chi connectivity index (χ4v) is 2.81. The Labute approximate surface area is 153 Å². The van der Waals surface area contributed by atoms with Crippen molar-refractivity contribution in [3.8, 4) is 34.2 Å². The fraction of sp³-hybridized carbons (Fsp3) is 0.182. The molecule has 0 saturated heterocycles. The van der Waals surface area contributed by atoms with Gasteiger partial charge in [0.15, 0.2) is 0 Å². The molecule has 0 aliphatic heterocycles. The van der Waals surface area contributed by atoms with Crippen LogP contribution in [0.25, 0.3) is 22.4 Å². The van der Waals surface area contributed by atoms with Crippen LogP contribution in [0.4, 0.5) is 5.82 Å². The number of rotatable bonds is 5. The molecule has 3 aromatic rings. The van der Waals surface area contributed by atoms with E-state index >= 15 is 0 Å². The summed E-state index contributed by atoms with van der Waals surface area (Å²) in [7, 11) is 0. The van der Waals surface area contributed by atoms with E-state index in [2.05, 4.69) is 24.0 Å². The summed E-state index contributed by atoms with van der Waals surface area (Å²) in [5, 5.41) is 9.54. The van der Waals surface area contributed by atoms with Crippen molar-refractivity contribution in [3.05, 3.63) is 65.7 Å². The SMILES string of the molecule is CCCOc1ccc(-c2cc(-c3cccc(C)c3)nc(N)c2C#N)cc1. The molecular weight excluding hydrogens is 322 g/mol. The molecule has 130 valence electrons. The lowest BCUT2D eigenvalue weighted by atomic mass is 9.98. The summed E-state index contributed by atoms with van der Waals surface area (Å²) >= 11 is 0. The molecule has 4 heteroatoms. The van der Waals surface area contributed by atoms with Gasteiger partial charge in [0, 0.05) is 11.1 Å². The second-order valence-electron chi connectivity index (χ2n) is 6.17. The van der Waals surface area contributed by atoms with E-state index in [1.165, 1.54) is 0 Å². The molecule has 4 nitrogen and oxygen atoms in total. The third-order valence-electron chi connectivity index (χ3n) is 4.11. The number of ether oxygens (including phenoxy) is 1. The molecule has 0 atom stereocenters. The maximum Gasteiger partial charge on any atom is 0.142 e. The van der Waals surface area contributed by atoms with Crippen LogP contribution in [-0.2, 0) is 0 Å². The van der Waals surface area contributed by atoms with E-state index in [0.717, 1.165) is 40.1 Å². The van der Waals surface area contributed by atoms with Gasteiger partial charge in [-0.05, 0) is 43.2 Å². The number of hydrogen-bond donors (Lipinski definition) is 1. The second-order valence-corrected chi connectivity index (χ2v) is 6.17. The summed E-state index contributed by atoms with van der Waals surface area (Å²) in [5.74, 6) is 1.06. The molecule has 0 unspecified atom stereocenters. The zero-order chi connectivity index (χ0) is 18.5. The Morgan fingerprint density at radius 1 is 1.08 bits per heavy atom. The van der Waals surface area contributed by atoms with Gasteiger partial charge in [-0.1, -0.05) is 42.8 Å². The van der Waals surface area contributed by atoms with Gasteiger partial charge in [0.2, 0.25) is 0 Å². The van der Waals surface area contributed by atoms with Crippen LogP contribution in [-0.4, -0.2) is 11.6 Å². The van der Waals surface area contributed by atoms with E-state index in [-0.39, 0.29) is 5.82 Å². The summed E-state index contributed by atoms with van der Waals surface area (Å²) in [4.78, 5) is 4.43. The van der Waals surface area contributed by atoms with E-state index in [0.29, 0.717) is 12.2 Å². The van der Waals surface area contributed by atoms with E-state index in [1.54, 1.807) is 0 Å². The number of nitrogens with zero attached hydrogens (tertiary/aromatic N) is 2. The summed E-state index contributed by atoms with van der Waals surface area (Å²) in [6.07, 6.45) is 0.959. The minimum atomic E-state index is 0.243. The Balaban J connectivity index is 2.07. The molecule has 26 heavy (non-hydrogen) atoms. The molecule has 0 aliphatic rings. The Morgan fingerprint density at radius 3 is 2.50 bits per heavy atom. The van der Waals surface area contributed by atoms with Crippen LogP contribution in [0.3, 0.4) is 0 Å². The first-order valence-corrected chi connectivity index (χ1v) is 8.63. The van der Waals surface area contributed by atoms with Crippen LogP contribution < -0.4 is 10.5 Å². The first-order valence-electron chi connectivity index (χ1n) is 8.63. The molecule has 3 rings (SSSR count). The van der Waals surface area contributed by atoms with Crippen molar-refractivity contribution in [2.45, 2.75) is 20.3 Å². The Morgan fingerprint density at radius 2 is 1.85 bits per heavy atom. The zero-order valence-corrected chi connectivity index (χ0v) is 15.0. The van der Waals surface area contributed by atoms with Gasteiger partial charge in [0.25, 0.3) is 0 Å². The quantitative estimate of drug-likeness (QED) is 0.710. The number of pyridine rings is 1. The second kappa shape index (κ2) is 7.71. The number of hydrogen-bond acceptors (Lipinski definition) is 4. The third kappa shape index (κ3) is 3.68. The van der Waals surface area contributed by atoms with Gasteiger partial charge in [-0.15, -0.1) is 0 Å². The van der Waals surface area contributed by atoms with Crippen molar-refractivity contribution >= 4 is 5.82 Å². The maximum absolute atomic E-state index is 9.54. The van der Waals surface area contributed by atoms with Crippen LogP contribution in [0.5, 0.6) is 5.75 Å². The van der Waals surface area contributed by atoms with Gasteiger partial charge in [0.1, 0.15) is 23.2 Å². The maximum atomic E-state index is 9.54. The van der Waals surface area contributed by atoms with Crippen LogP contribution in [0.1, 0.15) is 24.5 Å². The minimum Gasteiger partial charge on any atom is -0.494 e. The predicted molar refractivity (Wildman–Crippen MR) is 105 cm³/mol. The van der Waals surface area contributed by atoms with E-state index in [4.69, 9.17) is 10.5 Å². The number of nitriles is 1. The normalized spacial score (nSPS) is 10.3. The molecule has 0 amide bonds. The highest BCUT2D eigenvalue weighted by Crippen LogP contribution is 2.32. The molecule has 1 aromatic heterocycles. The standard InChI is InChI=1S/C22H21N3O/c1-3-11-26-18-9-7-16(8-10-18)19-13-21(25-22(24)20(19)14-23)17-6-4-5-15(2)12-17/h4-10,12-13H,3,11H2,1-2H3,(H2,24,25).